The molecule has 10 heteroatoms. The quantitative estimate of drug-likeness (QED) is 0.426. The molecule has 0 saturated heterocycles. The Bertz CT molecular complexity index is 1410. The molecule has 0 aliphatic heterocycles. The molecule has 2 aromatic carbocycles. The Morgan fingerprint density at radius 2 is 1.83 bits per heavy atom. The minimum absolute atomic E-state index is 0.0722. The van der Waals surface area contributed by atoms with Crippen LogP contribution in [0.4, 0.5) is 0 Å². The molecule has 30 heavy (non-hydrogen) atoms. The molecule has 0 atom stereocenters. The first kappa shape index (κ1) is 20.2. The highest BCUT2D eigenvalue weighted by atomic mass is 79.9. The molecule has 0 unspecified atom stereocenters. The van der Waals surface area contributed by atoms with E-state index in [0.29, 0.717) is 22.5 Å². The maximum atomic E-state index is 12.8. The smallest absolute Gasteiger partial charge is 0.274 e. The lowest BCUT2D eigenvalue weighted by molar-refractivity contribution is 0.412. The van der Waals surface area contributed by atoms with E-state index in [-0.39, 0.29) is 22.0 Å². The van der Waals surface area contributed by atoms with E-state index in [4.69, 9.17) is 4.74 Å². The lowest BCUT2D eigenvalue weighted by Gasteiger charge is -2.14. The lowest BCUT2D eigenvalue weighted by atomic mass is 10.2. The Morgan fingerprint density at radius 3 is 2.57 bits per heavy atom. The molecule has 0 aliphatic carbocycles. The average Bonchev–Trinajstić information content (AvgIpc) is 2.74. The number of benzene rings is 2. The van der Waals surface area contributed by atoms with Crippen molar-refractivity contribution < 1.29 is 13.2 Å². The lowest BCUT2D eigenvalue weighted by Crippen LogP contribution is -2.19. The number of halogens is 1. The van der Waals surface area contributed by atoms with Crippen molar-refractivity contribution in [2.45, 2.75) is 10.6 Å². The fraction of sp³-hybridized carbons (Fsp3) is 0.100. The first-order valence-electron chi connectivity index (χ1n) is 8.73. The Balaban J connectivity index is 1.85. The number of fused-ring (bicyclic) bond motifs is 1. The number of hydrogen-bond donors (Lipinski definition) is 0. The topological polar surface area (TPSA) is 104 Å². The van der Waals surface area contributed by atoms with Crippen molar-refractivity contribution in [3.63, 3.8) is 0 Å². The molecule has 4 aromatic rings. The zero-order chi connectivity index (χ0) is 21.3. The highest BCUT2D eigenvalue weighted by Gasteiger charge is 2.19. The number of ether oxygens (including phenoxy) is 1. The van der Waals surface area contributed by atoms with Gasteiger partial charge in [-0.3, -0.25) is 9.36 Å². The Kier molecular flexibility index (Phi) is 5.35. The molecule has 0 fully saturated rings. The molecule has 2 heterocycles. The number of methoxy groups -OCH3 is 1. The zero-order valence-corrected chi connectivity index (χ0v) is 18.1. The zero-order valence-electron chi connectivity index (χ0n) is 15.7. The minimum Gasteiger partial charge on any atom is -0.495 e. The van der Waals surface area contributed by atoms with Crippen LogP contribution in [0.5, 0.6) is 5.75 Å². The van der Waals surface area contributed by atoms with E-state index in [0.717, 1.165) is 10.7 Å². The summed E-state index contributed by atoms with van der Waals surface area (Å²) in [4.78, 5) is 24.8. The standard InChI is InChI=1S/C20H15BrN4O4S/c1-29-18-9-13(21)3-5-17(18)25-16-6-4-14(10-15(16)24-11-20(25)26)30(27,28)12-19-22-7-2-8-23-19/h2-11H,12H2,1H3. The van der Waals surface area contributed by atoms with Crippen molar-refractivity contribution in [2.75, 3.05) is 7.11 Å². The Hall–Kier alpha value is -3.11. The summed E-state index contributed by atoms with van der Waals surface area (Å²) in [6, 6.07) is 11.3. The molecule has 0 aliphatic rings. The van der Waals surface area contributed by atoms with Crippen LogP contribution in [-0.4, -0.2) is 35.0 Å². The number of nitrogens with zero attached hydrogens (tertiary/aromatic N) is 4. The van der Waals surface area contributed by atoms with Gasteiger partial charge < -0.3 is 4.74 Å². The number of hydrogen-bond acceptors (Lipinski definition) is 7. The first-order valence-corrected chi connectivity index (χ1v) is 11.2. The van der Waals surface area contributed by atoms with Gasteiger partial charge in [0.1, 0.15) is 17.3 Å². The van der Waals surface area contributed by atoms with Gasteiger partial charge in [-0.05, 0) is 42.5 Å². The van der Waals surface area contributed by atoms with Gasteiger partial charge in [-0.25, -0.2) is 23.4 Å². The number of rotatable bonds is 5. The van der Waals surface area contributed by atoms with Gasteiger partial charge in [-0.1, -0.05) is 15.9 Å². The SMILES string of the molecule is COc1cc(Br)ccc1-n1c(=O)cnc2cc(S(=O)(=O)Cc3ncccn3)ccc21. The summed E-state index contributed by atoms with van der Waals surface area (Å²) in [5, 5.41) is 0. The molecule has 0 bridgehead atoms. The van der Waals surface area contributed by atoms with Crippen LogP contribution in [0.3, 0.4) is 0 Å². The van der Waals surface area contributed by atoms with E-state index < -0.39 is 9.84 Å². The van der Waals surface area contributed by atoms with Gasteiger partial charge in [0.05, 0.1) is 34.9 Å². The van der Waals surface area contributed by atoms with Gasteiger partial charge in [0.25, 0.3) is 5.56 Å². The summed E-state index contributed by atoms with van der Waals surface area (Å²) in [6.07, 6.45) is 4.13. The Labute approximate surface area is 180 Å². The summed E-state index contributed by atoms with van der Waals surface area (Å²) in [7, 11) is -2.18. The van der Waals surface area contributed by atoms with Gasteiger partial charge >= 0.3 is 0 Å². The van der Waals surface area contributed by atoms with E-state index in [1.54, 1.807) is 30.3 Å². The van der Waals surface area contributed by atoms with Gasteiger partial charge in [-0.15, -0.1) is 0 Å². The van der Waals surface area contributed by atoms with Gasteiger partial charge in [0.15, 0.2) is 9.84 Å². The van der Waals surface area contributed by atoms with E-state index in [1.165, 1.54) is 36.2 Å². The molecular weight excluding hydrogens is 472 g/mol. The van der Waals surface area contributed by atoms with E-state index >= 15 is 0 Å². The molecule has 152 valence electrons. The summed E-state index contributed by atoms with van der Waals surface area (Å²) in [5.74, 6) is 0.353. The summed E-state index contributed by atoms with van der Waals surface area (Å²) in [6.45, 7) is 0. The van der Waals surface area contributed by atoms with Gasteiger partial charge in [0, 0.05) is 16.9 Å². The number of sulfone groups is 1. The van der Waals surface area contributed by atoms with Crippen molar-refractivity contribution in [3.8, 4) is 11.4 Å². The molecule has 0 spiro atoms. The van der Waals surface area contributed by atoms with Crippen LogP contribution < -0.4 is 10.3 Å². The van der Waals surface area contributed by atoms with Crippen molar-refractivity contribution in [3.05, 3.63) is 81.7 Å². The van der Waals surface area contributed by atoms with Gasteiger partial charge in [0.2, 0.25) is 0 Å². The third kappa shape index (κ3) is 3.83. The fourth-order valence-corrected chi connectivity index (χ4v) is 4.60. The highest BCUT2D eigenvalue weighted by Crippen LogP contribution is 2.28. The third-order valence-electron chi connectivity index (χ3n) is 4.40. The largest absolute Gasteiger partial charge is 0.495 e. The first-order chi connectivity index (χ1) is 14.4. The second-order valence-electron chi connectivity index (χ2n) is 6.32. The summed E-state index contributed by atoms with van der Waals surface area (Å²) < 4.78 is 33.2. The van der Waals surface area contributed by atoms with Crippen LogP contribution in [-0.2, 0) is 15.6 Å². The summed E-state index contributed by atoms with van der Waals surface area (Å²) in [5.41, 5.74) is 0.968. The molecule has 4 rings (SSSR count). The van der Waals surface area contributed by atoms with Crippen molar-refractivity contribution >= 4 is 36.8 Å². The molecular formula is C20H15BrN4O4S. The predicted molar refractivity (Wildman–Crippen MR) is 115 cm³/mol. The van der Waals surface area contributed by atoms with Crippen molar-refractivity contribution in [2.24, 2.45) is 0 Å². The second kappa shape index (κ2) is 7.96. The molecule has 8 nitrogen and oxygen atoms in total. The monoisotopic (exact) mass is 486 g/mol. The van der Waals surface area contributed by atoms with Crippen LogP contribution in [0, 0.1) is 0 Å². The second-order valence-corrected chi connectivity index (χ2v) is 9.23. The van der Waals surface area contributed by atoms with Crippen LogP contribution in [0.1, 0.15) is 5.82 Å². The average molecular weight is 487 g/mol. The van der Waals surface area contributed by atoms with E-state index in [2.05, 4.69) is 30.9 Å². The molecule has 0 N–H and O–H groups in total. The Morgan fingerprint density at radius 1 is 1.07 bits per heavy atom. The normalized spacial score (nSPS) is 11.5. The van der Waals surface area contributed by atoms with Crippen LogP contribution in [0.25, 0.3) is 16.7 Å². The van der Waals surface area contributed by atoms with Crippen LogP contribution in [0.2, 0.25) is 0 Å². The third-order valence-corrected chi connectivity index (χ3v) is 6.51. The maximum Gasteiger partial charge on any atom is 0.274 e. The van der Waals surface area contributed by atoms with Crippen molar-refractivity contribution in [1.29, 1.82) is 0 Å². The van der Waals surface area contributed by atoms with E-state index in [9.17, 15) is 13.2 Å². The predicted octanol–water partition coefficient (Wildman–Crippen LogP) is 2.92. The van der Waals surface area contributed by atoms with Crippen LogP contribution >= 0.6 is 15.9 Å². The maximum absolute atomic E-state index is 12.8. The van der Waals surface area contributed by atoms with E-state index in [1.807, 2.05) is 0 Å². The molecule has 0 amide bonds. The molecule has 0 radical (unpaired) electrons. The minimum atomic E-state index is -3.69. The van der Waals surface area contributed by atoms with Gasteiger partial charge in [-0.2, -0.15) is 0 Å². The fourth-order valence-electron chi connectivity index (χ4n) is 3.03. The summed E-state index contributed by atoms with van der Waals surface area (Å²) >= 11 is 3.38. The highest BCUT2D eigenvalue weighted by molar-refractivity contribution is 9.10. The van der Waals surface area contributed by atoms with Crippen molar-refractivity contribution in [1.82, 2.24) is 19.5 Å². The number of aromatic nitrogens is 4. The van der Waals surface area contributed by atoms with Crippen LogP contribution in [0.15, 0.2) is 75.2 Å². The molecule has 0 saturated carbocycles. The molecule has 2 aromatic heterocycles.